The summed E-state index contributed by atoms with van der Waals surface area (Å²) in [6, 6.07) is 8.19. The fraction of sp³-hybridized carbons (Fsp3) is 0.533. The molecule has 1 atom stereocenters. The van der Waals surface area contributed by atoms with Crippen LogP contribution in [0.15, 0.2) is 24.3 Å². The summed E-state index contributed by atoms with van der Waals surface area (Å²) in [5.74, 6) is 2.13. The molecule has 5 heteroatoms. The monoisotopic (exact) mass is 295 g/mol. The molecule has 0 aliphatic carbocycles. The zero-order valence-electron chi connectivity index (χ0n) is 11.7. The highest BCUT2D eigenvalue weighted by atomic mass is 32.2. The Bertz CT molecular complexity index is 452. The molecule has 1 aromatic carbocycles. The lowest BCUT2D eigenvalue weighted by atomic mass is 10.1. The number of carboxylic acid groups (broad SMARTS) is 1. The van der Waals surface area contributed by atoms with E-state index in [1.165, 1.54) is 5.56 Å². The molecule has 1 saturated heterocycles. The predicted molar refractivity (Wildman–Crippen MR) is 81.4 cm³/mol. The van der Waals surface area contributed by atoms with E-state index in [1.807, 2.05) is 36.9 Å². The summed E-state index contributed by atoms with van der Waals surface area (Å²) in [6.45, 7) is 4.36. The topological polar surface area (TPSA) is 49.8 Å². The first-order valence-electron chi connectivity index (χ1n) is 6.94. The summed E-state index contributed by atoms with van der Waals surface area (Å²) >= 11 is 1.84. The molecule has 1 aliphatic heterocycles. The summed E-state index contributed by atoms with van der Waals surface area (Å²) in [7, 11) is 0. The number of benzene rings is 1. The Labute approximate surface area is 124 Å². The number of carboxylic acids is 1. The van der Waals surface area contributed by atoms with Gasteiger partial charge >= 0.3 is 5.97 Å². The Morgan fingerprint density at radius 3 is 3.15 bits per heavy atom. The van der Waals surface area contributed by atoms with Crippen LogP contribution in [-0.2, 0) is 11.3 Å². The highest BCUT2D eigenvalue weighted by Gasteiger charge is 2.24. The molecule has 0 amide bonds. The fourth-order valence-electron chi connectivity index (χ4n) is 2.42. The van der Waals surface area contributed by atoms with E-state index in [2.05, 4.69) is 11.0 Å². The molecular formula is C15H21NO3S. The molecule has 1 aromatic rings. The summed E-state index contributed by atoms with van der Waals surface area (Å²) in [6.07, 6.45) is 0.220. The van der Waals surface area contributed by atoms with E-state index < -0.39 is 5.97 Å². The Morgan fingerprint density at radius 1 is 1.55 bits per heavy atom. The van der Waals surface area contributed by atoms with E-state index in [4.69, 9.17) is 9.84 Å². The highest BCUT2D eigenvalue weighted by Crippen LogP contribution is 2.22. The van der Waals surface area contributed by atoms with Crippen LogP contribution in [0.3, 0.4) is 0 Å². The third-order valence-electron chi connectivity index (χ3n) is 3.35. The molecule has 0 bridgehead atoms. The van der Waals surface area contributed by atoms with Gasteiger partial charge in [-0.2, -0.15) is 11.8 Å². The van der Waals surface area contributed by atoms with Crippen molar-refractivity contribution in [3.8, 4) is 5.75 Å². The molecule has 1 fully saturated rings. The Morgan fingerprint density at radius 2 is 2.40 bits per heavy atom. The van der Waals surface area contributed by atoms with Gasteiger partial charge in [0, 0.05) is 30.6 Å². The Hall–Kier alpha value is -1.20. The van der Waals surface area contributed by atoms with Crippen molar-refractivity contribution in [2.75, 3.05) is 24.7 Å². The third-order valence-corrected chi connectivity index (χ3v) is 4.45. The van der Waals surface area contributed by atoms with Gasteiger partial charge < -0.3 is 9.84 Å². The summed E-state index contributed by atoms with van der Waals surface area (Å²) in [5.41, 5.74) is 1.18. The average molecular weight is 295 g/mol. The molecule has 2 rings (SSSR count). The number of aliphatic carboxylic acids is 1. The van der Waals surface area contributed by atoms with Gasteiger partial charge in [0.25, 0.3) is 0 Å². The zero-order chi connectivity index (χ0) is 14.4. The van der Waals surface area contributed by atoms with Crippen molar-refractivity contribution in [3.63, 3.8) is 0 Å². The summed E-state index contributed by atoms with van der Waals surface area (Å²) in [5, 5.41) is 9.01. The normalized spacial score (nSPS) is 19.8. The SMILES string of the molecule is CCOc1cccc(CN2CCSCC2CC(=O)O)c1. The quantitative estimate of drug-likeness (QED) is 0.873. The molecule has 1 heterocycles. The maximum absolute atomic E-state index is 10.9. The minimum Gasteiger partial charge on any atom is -0.494 e. The van der Waals surface area contributed by atoms with Gasteiger partial charge in [-0.05, 0) is 24.6 Å². The Kier molecular flexibility index (Phi) is 5.73. The van der Waals surface area contributed by atoms with Crippen molar-refractivity contribution < 1.29 is 14.6 Å². The summed E-state index contributed by atoms with van der Waals surface area (Å²) < 4.78 is 5.51. The van der Waals surface area contributed by atoms with E-state index in [0.29, 0.717) is 6.61 Å². The lowest BCUT2D eigenvalue weighted by Gasteiger charge is -2.34. The first-order valence-corrected chi connectivity index (χ1v) is 8.10. The van der Waals surface area contributed by atoms with E-state index in [-0.39, 0.29) is 12.5 Å². The van der Waals surface area contributed by atoms with E-state index >= 15 is 0 Å². The van der Waals surface area contributed by atoms with Gasteiger partial charge in [0.15, 0.2) is 0 Å². The first-order chi connectivity index (χ1) is 9.69. The molecule has 4 nitrogen and oxygen atoms in total. The second-order valence-corrected chi connectivity index (χ2v) is 6.03. The van der Waals surface area contributed by atoms with Crippen LogP contribution in [0.5, 0.6) is 5.75 Å². The number of thioether (sulfide) groups is 1. The molecular weight excluding hydrogens is 274 g/mol. The number of rotatable bonds is 6. The van der Waals surface area contributed by atoms with E-state index in [1.54, 1.807) is 0 Å². The molecule has 1 aliphatic rings. The van der Waals surface area contributed by atoms with E-state index in [9.17, 15) is 4.79 Å². The van der Waals surface area contributed by atoms with Crippen LogP contribution >= 0.6 is 11.8 Å². The largest absolute Gasteiger partial charge is 0.494 e. The van der Waals surface area contributed by atoms with Gasteiger partial charge in [-0.15, -0.1) is 0 Å². The highest BCUT2D eigenvalue weighted by molar-refractivity contribution is 7.99. The molecule has 1 N–H and O–H groups in total. The zero-order valence-corrected chi connectivity index (χ0v) is 12.6. The van der Waals surface area contributed by atoms with Crippen molar-refractivity contribution in [3.05, 3.63) is 29.8 Å². The van der Waals surface area contributed by atoms with Crippen molar-refractivity contribution in [2.24, 2.45) is 0 Å². The van der Waals surface area contributed by atoms with Crippen molar-refractivity contribution in [1.82, 2.24) is 4.90 Å². The van der Waals surface area contributed by atoms with Crippen molar-refractivity contribution in [2.45, 2.75) is 25.9 Å². The van der Waals surface area contributed by atoms with Crippen molar-refractivity contribution >= 4 is 17.7 Å². The minimum absolute atomic E-state index is 0.127. The summed E-state index contributed by atoms with van der Waals surface area (Å²) in [4.78, 5) is 13.2. The molecule has 0 spiro atoms. The van der Waals surface area contributed by atoms with Crippen LogP contribution in [0.25, 0.3) is 0 Å². The number of hydrogen-bond acceptors (Lipinski definition) is 4. The van der Waals surface area contributed by atoms with Gasteiger partial charge in [-0.1, -0.05) is 12.1 Å². The molecule has 20 heavy (non-hydrogen) atoms. The Balaban J connectivity index is 2.02. The van der Waals surface area contributed by atoms with Crippen LogP contribution in [0, 0.1) is 0 Å². The standard InChI is InChI=1S/C15H21NO3S/c1-2-19-14-5-3-4-12(8-14)10-16-6-7-20-11-13(16)9-15(17)18/h3-5,8,13H,2,6-7,9-11H2,1H3,(H,17,18). The number of carbonyl (C=O) groups is 1. The lowest BCUT2D eigenvalue weighted by molar-refractivity contribution is -0.138. The third kappa shape index (κ3) is 4.42. The van der Waals surface area contributed by atoms with Gasteiger partial charge in [0.1, 0.15) is 5.75 Å². The molecule has 0 aromatic heterocycles. The fourth-order valence-corrected chi connectivity index (χ4v) is 3.55. The molecule has 110 valence electrons. The number of hydrogen-bond donors (Lipinski definition) is 1. The van der Waals surface area contributed by atoms with Crippen LogP contribution in [0.4, 0.5) is 0 Å². The van der Waals surface area contributed by atoms with Gasteiger partial charge in [0.05, 0.1) is 13.0 Å². The van der Waals surface area contributed by atoms with Crippen molar-refractivity contribution in [1.29, 1.82) is 0 Å². The minimum atomic E-state index is -0.717. The number of ether oxygens (including phenoxy) is 1. The van der Waals surface area contributed by atoms with Crippen LogP contribution in [0.2, 0.25) is 0 Å². The lowest BCUT2D eigenvalue weighted by Crippen LogP contribution is -2.42. The second-order valence-electron chi connectivity index (χ2n) is 4.88. The van der Waals surface area contributed by atoms with Gasteiger partial charge in [-0.25, -0.2) is 0 Å². The maximum atomic E-state index is 10.9. The van der Waals surface area contributed by atoms with E-state index in [0.717, 1.165) is 30.3 Å². The first kappa shape index (κ1) is 15.2. The van der Waals surface area contributed by atoms with Gasteiger partial charge in [-0.3, -0.25) is 9.69 Å². The smallest absolute Gasteiger partial charge is 0.304 e. The van der Waals surface area contributed by atoms with Gasteiger partial charge in [0.2, 0.25) is 0 Å². The number of nitrogens with zero attached hydrogens (tertiary/aromatic N) is 1. The van der Waals surface area contributed by atoms with Crippen LogP contribution < -0.4 is 4.74 Å². The maximum Gasteiger partial charge on any atom is 0.304 e. The predicted octanol–water partition coefficient (Wildman–Crippen LogP) is 2.48. The van der Waals surface area contributed by atoms with Crippen LogP contribution in [-0.4, -0.2) is 46.7 Å². The average Bonchev–Trinajstić information content (AvgIpc) is 2.41. The molecule has 0 radical (unpaired) electrons. The molecule has 1 unspecified atom stereocenters. The second kappa shape index (κ2) is 7.55. The van der Waals surface area contributed by atoms with Crippen LogP contribution in [0.1, 0.15) is 18.9 Å². The molecule has 0 saturated carbocycles.